The third kappa shape index (κ3) is 8.31. The topological polar surface area (TPSA) is 73.9 Å². The van der Waals surface area contributed by atoms with Gasteiger partial charge in [0.25, 0.3) is 5.91 Å². The van der Waals surface area contributed by atoms with E-state index >= 15 is 0 Å². The zero-order valence-corrected chi connectivity index (χ0v) is 20.8. The summed E-state index contributed by atoms with van der Waals surface area (Å²) in [7, 11) is 2.16. The van der Waals surface area contributed by atoms with Crippen LogP contribution in [0, 0.1) is 0 Å². The maximum atomic E-state index is 12.6. The second-order valence-corrected chi connectivity index (χ2v) is 9.06. The molecule has 1 fully saturated rings. The molecule has 2 aromatic rings. The highest BCUT2D eigenvalue weighted by Crippen LogP contribution is 2.15. The molecule has 2 amide bonds. The van der Waals surface area contributed by atoms with Crippen LogP contribution in [0.15, 0.2) is 48.5 Å². The standard InChI is InChI=1S/C26H35ClN4O3/c1-3-28-26(33)24(29-25(32)21-7-9-22(27)10-8-21)19-20-5-11-23(12-6-20)34-18-4-13-31-16-14-30(2)15-17-31/h5-12,24H,3-4,13-19H2,1-2H3,(H,28,33)(H,29,32). The van der Waals surface area contributed by atoms with E-state index in [1.807, 2.05) is 31.2 Å². The van der Waals surface area contributed by atoms with Crippen LogP contribution in [0.3, 0.4) is 0 Å². The minimum absolute atomic E-state index is 0.214. The third-order valence-corrected chi connectivity index (χ3v) is 6.18. The number of ether oxygens (including phenoxy) is 1. The molecule has 3 rings (SSSR count). The van der Waals surface area contributed by atoms with Crippen molar-refractivity contribution in [3.63, 3.8) is 0 Å². The molecule has 1 saturated heterocycles. The van der Waals surface area contributed by atoms with Crippen LogP contribution in [0.2, 0.25) is 5.02 Å². The van der Waals surface area contributed by atoms with E-state index in [1.54, 1.807) is 24.3 Å². The summed E-state index contributed by atoms with van der Waals surface area (Å²) in [4.78, 5) is 30.1. The second-order valence-electron chi connectivity index (χ2n) is 8.62. The molecular formula is C26H35ClN4O3. The molecule has 2 aromatic carbocycles. The molecule has 34 heavy (non-hydrogen) atoms. The van der Waals surface area contributed by atoms with Crippen molar-refractivity contribution in [2.24, 2.45) is 0 Å². The van der Waals surface area contributed by atoms with Crippen LogP contribution in [0.5, 0.6) is 5.75 Å². The van der Waals surface area contributed by atoms with E-state index in [4.69, 9.17) is 16.3 Å². The van der Waals surface area contributed by atoms with E-state index in [0.29, 0.717) is 30.2 Å². The molecule has 0 spiro atoms. The molecule has 1 aliphatic heterocycles. The number of likely N-dealkylation sites (N-methyl/N-ethyl adjacent to an activating group) is 2. The lowest BCUT2D eigenvalue weighted by Crippen LogP contribution is -2.48. The van der Waals surface area contributed by atoms with Gasteiger partial charge in [0.15, 0.2) is 0 Å². The lowest BCUT2D eigenvalue weighted by Gasteiger charge is -2.32. The number of amides is 2. The largest absolute Gasteiger partial charge is 0.494 e. The van der Waals surface area contributed by atoms with Crippen molar-refractivity contribution in [1.29, 1.82) is 0 Å². The van der Waals surface area contributed by atoms with Crippen molar-refractivity contribution >= 4 is 23.4 Å². The van der Waals surface area contributed by atoms with Gasteiger partial charge in [0.1, 0.15) is 11.8 Å². The number of nitrogens with zero attached hydrogens (tertiary/aromatic N) is 2. The molecule has 184 valence electrons. The molecule has 1 heterocycles. The van der Waals surface area contributed by atoms with Crippen LogP contribution in [0.1, 0.15) is 29.3 Å². The third-order valence-electron chi connectivity index (χ3n) is 5.93. The number of rotatable bonds is 11. The number of carbonyl (C=O) groups excluding carboxylic acids is 2. The first-order valence-electron chi connectivity index (χ1n) is 11.9. The Morgan fingerprint density at radius 3 is 2.35 bits per heavy atom. The van der Waals surface area contributed by atoms with Crippen molar-refractivity contribution < 1.29 is 14.3 Å². The van der Waals surface area contributed by atoms with Crippen molar-refractivity contribution in [3.05, 3.63) is 64.7 Å². The Hall–Kier alpha value is -2.61. The molecule has 0 saturated carbocycles. The number of carbonyl (C=O) groups is 2. The minimum atomic E-state index is -0.682. The molecule has 0 aliphatic carbocycles. The summed E-state index contributed by atoms with van der Waals surface area (Å²) < 4.78 is 5.90. The molecule has 8 heteroatoms. The van der Waals surface area contributed by atoms with Gasteiger partial charge in [0.05, 0.1) is 6.61 Å². The Morgan fingerprint density at radius 1 is 1.03 bits per heavy atom. The summed E-state index contributed by atoms with van der Waals surface area (Å²) in [5.41, 5.74) is 1.40. The number of nitrogens with one attached hydrogen (secondary N) is 2. The van der Waals surface area contributed by atoms with Crippen LogP contribution in [0.4, 0.5) is 0 Å². The van der Waals surface area contributed by atoms with Gasteiger partial charge in [-0.3, -0.25) is 9.59 Å². The van der Waals surface area contributed by atoms with Gasteiger partial charge >= 0.3 is 0 Å². The van der Waals surface area contributed by atoms with Gasteiger partial charge in [-0.2, -0.15) is 0 Å². The molecule has 0 bridgehead atoms. The Labute approximate surface area is 207 Å². The van der Waals surface area contributed by atoms with Gasteiger partial charge in [-0.1, -0.05) is 23.7 Å². The second kappa shape index (κ2) is 13.3. The van der Waals surface area contributed by atoms with Crippen LogP contribution in [-0.2, 0) is 11.2 Å². The first kappa shape index (κ1) is 26.0. The van der Waals surface area contributed by atoms with Crippen LogP contribution in [-0.4, -0.2) is 80.6 Å². The number of halogens is 1. The van der Waals surface area contributed by atoms with E-state index in [-0.39, 0.29) is 11.8 Å². The molecule has 1 aliphatic rings. The minimum Gasteiger partial charge on any atom is -0.494 e. The SMILES string of the molecule is CCNC(=O)C(Cc1ccc(OCCCN2CCN(C)CC2)cc1)NC(=O)c1ccc(Cl)cc1. The van der Waals surface area contributed by atoms with Crippen LogP contribution >= 0.6 is 11.6 Å². The summed E-state index contributed by atoms with van der Waals surface area (Å²) >= 11 is 5.90. The zero-order valence-electron chi connectivity index (χ0n) is 20.1. The molecule has 1 unspecified atom stereocenters. The number of hydrogen-bond donors (Lipinski definition) is 2. The highest BCUT2D eigenvalue weighted by atomic mass is 35.5. The smallest absolute Gasteiger partial charge is 0.251 e. The highest BCUT2D eigenvalue weighted by molar-refractivity contribution is 6.30. The van der Waals surface area contributed by atoms with Gasteiger partial charge < -0.3 is 25.2 Å². The molecule has 7 nitrogen and oxygen atoms in total. The Balaban J connectivity index is 1.49. The van der Waals surface area contributed by atoms with Crippen LogP contribution in [0.25, 0.3) is 0 Å². The van der Waals surface area contributed by atoms with Gasteiger partial charge in [-0.15, -0.1) is 0 Å². The Kier molecular flexibility index (Phi) is 10.2. The number of piperazine rings is 1. The number of benzene rings is 2. The maximum Gasteiger partial charge on any atom is 0.251 e. The molecular weight excluding hydrogens is 452 g/mol. The van der Waals surface area contributed by atoms with E-state index in [1.165, 1.54) is 0 Å². The normalized spacial score (nSPS) is 15.5. The van der Waals surface area contributed by atoms with E-state index in [9.17, 15) is 9.59 Å². The fourth-order valence-electron chi connectivity index (χ4n) is 3.86. The first-order valence-corrected chi connectivity index (χ1v) is 12.3. The molecule has 0 radical (unpaired) electrons. The fourth-order valence-corrected chi connectivity index (χ4v) is 3.98. The summed E-state index contributed by atoms with van der Waals surface area (Å²) in [5.74, 6) is 0.282. The summed E-state index contributed by atoms with van der Waals surface area (Å²) in [6.45, 7) is 8.55. The summed E-state index contributed by atoms with van der Waals surface area (Å²) in [5, 5.41) is 6.20. The zero-order chi connectivity index (χ0) is 24.3. The number of hydrogen-bond acceptors (Lipinski definition) is 5. The first-order chi connectivity index (χ1) is 16.4. The lowest BCUT2D eigenvalue weighted by molar-refractivity contribution is -0.122. The summed E-state index contributed by atoms with van der Waals surface area (Å²) in [6.07, 6.45) is 1.37. The fraction of sp³-hybridized carbons (Fsp3) is 0.462. The molecule has 0 aromatic heterocycles. The quantitative estimate of drug-likeness (QED) is 0.478. The van der Waals surface area contributed by atoms with Crippen molar-refractivity contribution in [1.82, 2.24) is 20.4 Å². The maximum absolute atomic E-state index is 12.6. The van der Waals surface area contributed by atoms with E-state index < -0.39 is 6.04 Å². The Bertz CT molecular complexity index is 913. The lowest BCUT2D eigenvalue weighted by atomic mass is 10.0. The van der Waals surface area contributed by atoms with E-state index in [2.05, 4.69) is 27.5 Å². The predicted molar refractivity (Wildman–Crippen MR) is 136 cm³/mol. The van der Waals surface area contributed by atoms with Gasteiger partial charge in [0.2, 0.25) is 5.91 Å². The molecule has 1 atom stereocenters. The van der Waals surface area contributed by atoms with Gasteiger partial charge in [0, 0.05) is 56.3 Å². The monoisotopic (exact) mass is 486 g/mol. The predicted octanol–water partition coefficient (Wildman–Crippen LogP) is 2.83. The van der Waals surface area contributed by atoms with Gasteiger partial charge in [-0.25, -0.2) is 0 Å². The van der Waals surface area contributed by atoms with Crippen LogP contribution < -0.4 is 15.4 Å². The Morgan fingerprint density at radius 2 is 1.71 bits per heavy atom. The summed E-state index contributed by atoms with van der Waals surface area (Å²) in [6, 6.07) is 13.6. The average Bonchev–Trinajstić information content (AvgIpc) is 2.84. The molecule has 2 N–H and O–H groups in total. The van der Waals surface area contributed by atoms with Crippen molar-refractivity contribution in [3.8, 4) is 5.75 Å². The van der Waals surface area contributed by atoms with E-state index in [0.717, 1.165) is 50.5 Å². The van der Waals surface area contributed by atoms with Crippen molar-refractivity contribution in [2.45, 2.75) is 25.8 Å². The highest BCUT2D eigenvalue weighted by Gasteiger charge is 2.21. The van der Waals surface area contributed by atoms with Crippen molar-refractivity contribution in [2.75, 3.05) is 52.9 Å². The van der Waals surface area contributed by atoms with Gasteiger partial charge in [-0.05, 0) is 62.4 Å². The average molecular weight is 487 g/mol.